The lowest BCUT2D eigenvalue weighted by molar-refractivity contribution is 0.149. The number of hydrogen-bond donors (Lipinski definition) is 0. The van der Waals surface area contributed by atoms with E-state index in [-0.39, 0.29) is 5.92 Å². The van der Waals surface area contributed by atoms with E-state index < -0.39 is 0 Å². The standard InChI is InChI=1S/C14H22N2/c1-16(13-5-3-2-4-6-13)14-9-7-12(11-15)8-10-14/h7,9,12-14H,2-6,8,10H2,1H3. The Balaban J connectivity index is 1.90. The predicted octanol–water partition coefficient (Wildman–Crippen LogP) is 3.11. The largest absolute Gasteiger partial charge is 0.297 e. The van der Waals surface area contributed by atoms with Gasteiger partial charge in [0.05, 0.1) is 12.0 Å². The molecule has 0 aromatic heterocycles. The van der Waals surface area contributed by atoms with E-state index in [1.807, 2.05) is 0 Å². The van der Waals surface area contributed by atoms with E-state index >= 15 is 0 Å². The van der Waals surface area contributed by atoms with Crippen molar-refractivity contribution in [2.75, 3.05) is 7.05 Å². The summed E-state index contributed by atoms with van der Waals surface area (Å²) < 4.78 is 0. The average molecular weight is 218 g/mol. The first-order valence-electron chi connectivity index (χ1n) is 6.61. The van der Waals surface area contributed by atoms with Gasteiger partial charge in [0.15, 0.2) is 0 Å². The Hall–Kier alpha value is -0.810. The fraction of sp³-hybridized carbons (Fsp3) is 0.786. The summed E-state index contributed by atoms with van der Waals surface area (Å²) in [6.07, 6.45) is 13.5. The Bertz CT molecular complexity index is 284. The van der Waals surface area contributed by atoms with E-state index in [2.05, 4.69) is 30.2 Å². The van der Waals surface area contributed by atoms with Crippen LogP contribution in [0.1, 0.15) is 44.9 Å². The molecule has 88 valence electrons. The van der Waals surface area contributed by atoms with Crippen LogP contribution in [0.3, 0.4) is 0 Å². The lowest BCUT2D eigenvalue weighted by atomic mass is 9.89. The summed E-state index contributed by atoms with van der Waals surface area (Å²) in [6, 6.07) is 3.69. The van der Waals surface area contributed by atoms with Crippen LogP contribution in [0, 0.1) is 17.2 Å². The van der Waals surface area contributed by atoms with Crippen molar-refractivity contribution in [2.45, 2.75) is 57.0 Å². The molecule has 1 fully saturated rings. The van der Waals surface area contributed by atoms with Gasteiger partial charge in [-0.2, -0.15) is 5.26 Å². The second-order valence-electron chi connectivity index (χ2n) is 5.22. The Morgan fingerprint density at radius 1 is 1.06 bits per heavy atom. The summed E-state index contributed by atoms with van der Waals surface area (Å²) in [5, 5.41) is 8.85. The van der Waals surface area contributed by atoms with Gasteiger partial charge in [-0.15, -0.1) is 0 Å². The van der Waals surface area contributed by atoms with Gasteiger partial charge in [0.1, 0.15) is 0 Å². The molecule has 2 aliphatic carbocycles. The van der Waals surface area contributed by atoms with Crippen LogP contribution in [-0.2, 0) is 0 Å². The van der Waals surface area contributed by atoms with Crippen LogP contribution >= 0.6 is 0 Å². The molecule has 0 radical (unpaired) electrons. The van der Waals surface area contributed by atoms with Crippen molar-refractivity contribution in [3.63, 3.8) is 0 Å². The fourth-order valence-corrected chi connectivity index (χ4v) is 3.01. The van der Waals surface area contributed by atoms with Crippen LogP contribution in [0.5, 0.6) is 0 Å². The molecule has 0 aromatic rings. The summed E-state index contributed by atoms with van der Waals surface area (Å²) in [7, 11) is 2.26. The summed E-state index contributed by atoms with van der Waals surface area (Å²) in [5.41, 5.74) is 0. The molecular weight excluding hydrogens is 196 g/mol. The summed E-state index contributed by atoms with van der Waals surface area (Å²) in [5.74, 6) is 0.163. The topological polar surface area (TPSA) is 27.0 Å². The van der Waals surface area contributed by atoms with Crippen LogP contribution < -0.4 is 0 Å². The molecular formula is C14H22N2. The fourth-order valence-electron chi connectivity index (χ4n) is 3.01. The molecule has 2 atom stereocenters. The van der Waals surface area contributed by atoms with Gasteiger partial charge in [-0.3, -0.25) is 4.90 Å². The molecule has 2 unspecified atom stereocenters. The molecule has 0 spiro atoms. The highest BCUT2D eigenvalue weighted by Gasteiger charge is 2.25. The second-order valence-corrected chi connectivity index (χ2v) is 5.22. The third-order valence-corrected chi connectivity index (χ3v) is 4.18. The SMILES string of the molecule is CN(C1C=CC(C#N)CC1)C1CCCCC1. The molecule has 0 aromatic carbocycles. The van der Waals surface area contributed by atoms with E-state index in [0.29, 0.717) is 6.04 Å². The quantitative estimate of drug-likeness (QED) is 0.666. The van der Waals surface area contributed by atoms with Crippen LogP contribution in [-0.4, -0.2) is 24.0 Å². The van der Waals surface area contributed by atoms with Crippen molar-refractivity contribution in [1.29, 1.82) is 5.26 Å². The van der Waals surface area contributed by atoms with Crippen molar-refractivity contribution < 1.29 is 0 Å². The minimum Gasteiger partial charge on any atom is -0.297 e. The summed E-state index contributed by atoms with van der Waals surface area (Å²) >= 11 is 0. The van der Waals surface area contributed by atoms with E-state index in [1.54, 1.807) is 0 Å². The number of rotatable bonds is 2. The predicted molar refractivity (Wildman–Crippen MR) is 65.9 cm³/mol. The molecule has 0 bridgehead atoms. The van der Waals surface area contributed by atoms with E-state index in [9.17, 15) is 0 Å². The van der Waals surface area contributed by atoms with Gasteiger partial charge in [-0.25, -0.2) is 0 Å². The van der Waals surface area contributed by atoms with Gasteiger partial charge in [0.2, 0.25) is 0 Å². The van der Waals surface area contributed by atoms with Crippen molar-refractivity contribution in [2.24, 2.45) is 5.92 Å². The Morgan fingerprint density at radius 2 is 1.81 bits per heavy atom. The number of likely N-dealkylation sites (N-methyl/N-ethyl adjacent to an activating group) is 1. The molecule has 0 heterocycles. The van der Waals surface area contributed by atoms with E-state index in [1.165, 1.54) is 32.1 Å². The number of nitriles is 1. The molecule has 0 amide bonds. The van der Waals surface area contributed by atoms with Crippen LogP contribution in [0.2, 0.25) is 0 Å². The van der Waals surface area contributed by atoms with Gasteiger partial charge in [-0.1, -0.05) is 31.4 Å². The molecule has 16 heavy (non-hydrogen) atoms. The monoisotopic (exact) mass is 218 g/mol. The zero-order chi connectivity index (χ0) is 11.4. The highest BCUT2D eigenvalue weighted by Crippen LogP contribution is 2.27. The molecule has 1 saturated carbocycles. The molecule has 0 aliphatic heterocycles. The first-order chi connectivity index (χ1) is 7.81. The number of allylic oxidation sites excluding steroid dienone is 1. The summed E-state index contributed by atoms with van der Waals surface area (Å²) in [6.45, 7) is 0. The third kappa shape index (κ3) is 2.65. The van der Waals surface area contributed by atoms with Crippen molar-refractivity contribution in [1.82, 2.24) is 4.90 Å². The van der Waals surface area contributed by atoms with Gasteiger partial charge in [0, 0.05) is 12.1 Å². The lowest BCUT2D eigenvalue weighted by Crippen LogP contribution is -2.41. The Morgan fingerprint density at radius 3 is 2.38 bits per heavy atom. The van der Waals surface area contributed by atoms with Crippen molar-refractivity contribution in [3.8, 4) is 6.07 Å². The minimum atomic E-state index is 0.163. The summed E-state index contributed by atoms with van der Waals surface area (Å²) in [4.78, 5) is 2.54. The zero-order valence-corrected chi connectivity index (χ0v) is 10.2. The number of hydrogen-bond acceptors (Lipinski definition) is 2. The molecule has 0 N–H and O–H groups in total. The molecule has 2 aliphatic rings. The van der Waals surface area contributed by atoms with Gasteiger partial charge >= 0.3 is 0 Å². The smallest absolute Gasteiger partial charge is 0.0697 e. The van der Waals surface area contributed by atoms with Crippen LogP contribution in [0.25, 0.3) is 0 Å². The Labute approximate surface area is 98.9 Å². The highest BCUT2D eigenvalue weighted by molar-refractivity contribution is 5.09. The lowest BCUT2D eigenvalue weighted by Gasteiger charge is -2.37. The molecule has 0 saturated heterocycles. The minimum absolute atomic E-state index is 0.163. The van der Waals surface area contributed by atoms with Crippen molar-refractivity contribution >= 4 is 0 Å². The van der Waals surface area contributed by atoms with E-state index in [4.69, 9.17) is 5.26 Å². The molecule has 2 nitrogen and oxygen atoms in total. The maximum Gasteiger partial charge on any atom is 0.0697 e. The highest BCUT2D eigenvalue weighted by atomic mass is 15.2. The Kier molecular flexibility index (Phi) is 4.01. The molecule has 2 heteroatoms. The first kappa shape index (κ1) is 11.7. The van der Waals surface area contributed by atoms with Crippen LogP contribution in [0.4, 0.5) is 0 Å². The number of nitrogens with zero attached hydrogens (tertiary/aromatic N) is 2. The zero-order valence-electron chi connectivity index (χ0n) is 10.2. The van der Waals surface area contributed by atoms with Gasteiger partial charge < -0.3 is 0 Å². The third-order valence-electron chi connectivity index (χ3n) is 4.18. The van der Waals surface area contributed by atoms with Crippen molar-refractivity contribution in [3.05, 3.63) is 12.2 Å². The normalized spacial score (nSPS) is 31.6. The maximum atomic E-state index is 8.85. The van der Waals surface area contributed by atoms with Gasteiger partial charge in [0.25, 0.3) is 0 Å². The maximum absolute atomic E-state index is 8.85. The van der Waals surface area contributed by atoms with E-state index in [0.717, 1.165) is 18.9 Å². The van der Waals surface area contributed by atoms with Gasteiger partial charge in [-0.05, 0) is 32.7 Å². The first-order valence-corrected chi connectivity index (χ1v) is 6.61. The second kappa shape index (κ2) is 5.50. The average Bonchev–Trinajstić information content (AvgIpc) is 2.39. The molecule has 2 rings (SSSR count). The van der Waals surface area contributed by atoms with Crippen LogP contribution in [0.15, 0.2) is 12.2 Å².